The van der Waals surface area contributed by atoms with Gasteiger partial charge in [0, 0.05) is 31.4 Å². The Bertz CT molecular complexity index is 745. The number of nitrogens with zero attached hydrogens (tertiary/aromatic N) is 2. The molecule has 2 rings (SSSR count). The highest BCUT2D eigenvalue weighted by Gasteiger charge is 2.10. The van der Waals surface area contributed by atoms with E-state index in [-0.39, 0.29) is 0 Å². The Morgan fingerprint density at radius 3 is 2.72 bits per heavy atom. The number of allylic oxidation sites excluding steroid dienone is 4. The Morgan fingerprint density at radius 1 is 1.32 bits per heavy atom. The van der Waals surface area contributed by atoms with Gasteiger partial charge in [0.1, 0.15) is 0 Å². The van der Waals surface area contributed by atoms with E-state index in [1.165, 1.54) is 34.3 Å². The van der Waals surface area contributed by atoms with Crippen LogP contribution in [0, 0.1) is 5.92 Å². The summed E-state index contributed by atoms with van der Waals surface area (Å²) in [7, 11) is 1.82. The zero-order valence-electron chi connectivity index (χ0n) is 16.2. The molecule has 1 heterocycles. The minimum Gasteiger partial charge on any atom is -0.324 e. The van der Waals surface area contributed by atoms with E-state index < -0.39 is 0 Å². The molecular formula is C23H30N2. The van der Waals surface area contributed by atoms with Crippen LogP contribution in [0.25, 0.3) is 5.57 Å². The summed E-state index contributed by atoms with van der Waals surface area (Å²) < 4.78 is 0. The molecule has 0 saturated carbocycles. The van der Waals surface area contributed by atoms with Crippen LogP contribution in [-0.2, 0) is 6.42 Å². The predicted molar refractivity (Wildman–Crippen MR) is 111 cm³/mol. The van der Waals surface area contributed by atoms with Gasteiger partial charge in [-0.15, -0.1) is 0 Å². The summed E-state index contributed by atoms with van der Waals surface area (Å²) in [6.07, 6.45) is 12.6. The summed E-state index contributed by atoms with van der Waals surface area (Å²) >= 11 is 0. The third-order valence-electron chi connectivity index (χ3n) is 4.38. The first-order valence-corrected chi connectivity index (χ1v) is 8.98. The van der Waals surface area contributed by atoms with Gasteiger partial charge in [-0.3, -0.25) is 4.99 Å². The van der Waals surface area contributed by atoms with Crippen LogP contribution in [0.15, 0.2) is 65.6 Å². The molecule has 0 bridgehead atoms. The molecule has 1 aromatic carbocycles. The van der Waals surface area contributed by atoms with Crippen molar-refractivity contribution in [1.82, 2.24) is 4.90 Å². The Hall–Kier alpha value is -2.35. The molecule has 2 heteroatoms. The molecule has 0 aromatic heterocycles. The standard InChI is InChI=1S/C23H30N2/c1-17(2)7-9-22-14-21(15-24-6)8-10-23(22)19(4)16-25-12-11-18(3)13-20(25)5/h8,10-17H,5,7,9H2,1-4,6H3/b19-16+,24-15+. The fourth-order valence-corrected chi connectivity index (χ4v) is 2.96. The molecule has 0 spiro atoms. The molecule has 2 nitrogen and oxygen atoms in total. The van der Waals surface area contributed by atoms with Crippen LogP contribution in [0.4, 0.5) is 0 Å². The lowest BCUT2D eigenvalue weighted by Crippen LogP contribution is -2.10. The van der Waals surface area contributed by atoms with Crippen molar-refractivity contribution in [3.63, 3.8) is 0 Å². The lowest BCUT2D eigenvalue weighted by Gasteiger charge is -2.22. The average molecular weight is 335 g/mol. The number of aryl methyl sites for hydroxylation is 1. The van der Waals surface area contributed by atoms with Gasteiger partial charge in [-0.1, -0.05) is 32.6 Å². The van der Waals surface area contributed by atoms with E-state index in [1.807, 2.05) is 13.3 Å². The van der Waals surface area contributed by atoms with E-state index in [9.17, 15) is 0 Å². The van der Waals surface area contributed by atoms with E-state index in [1.54, 1.807) is 0 Å². The monoisotopic (exact) mass is 334 g/mol. The molecule has 1 aliphatic rings. The highest BCUT2D eigenvalue weighted by atomic mass is 15.1. The summed E-state index contributed by atoms with van der Waals surface area (Å²) in [5.74, 6) is 0.693. The van der Waals surface area contributed by atoms with Gasteiger partial charge in [0.15, 0.2) is 0 Å². The van der Waals surface area contributed by atoms with Gasteiger partial charge in [-0.25, -0.2) is 0 Å². The van der Waals surface area contributed by atoms with Crippen molar-refractivity contribution in [3.05, 3.63) is 77.3 Å². The molecular weight excluding hydrogens is 304 g/mol. The maximum absolute atomic E-state index is 4.15. The average Bonchev–Trinajstić information content (AvgIpc) is 2.56. The summed E-state index contributed by atoms with van der Waals surface area (Å²) in [5, 5.41) is 0. The third-order valence-corrected chi connectivity index (χ3v) is 4.38. The fraction of sp³-hybridized carbons (Fsp3) is 0.348. The van der Waals surface area contributed by atoms with Gasteiger partial charge >= 0.3 is 0 Å². The number of hydrogen-bond donors (Lipinski definition) is 0. The first-order chi connectivity index (χ1) is 11.9. The topological polar surface area (TPSA) is 15.6 Å². The summed E-state index contributed by atoms with van der Waals surface area (Å²) in [4.78, 5) is 6.25. The summed E-state index contributed by atoms with van der Waals surface area (Å²) in [6, 6.07) is 6.63. The second-order valence-corrected chi connectivity index (χ2v) is 7.15. The van der Waals surface area contributed by atoms with Gasteiger partial charge in [-0.2, -0.15) is 0 Å². The molecule has 1 aromatic rings. The minimum atomic E-state index is 0.693. The van der Waals surface area contributed by atoms with E-state index in [4.69, 9.17) is 0 Å². The number of rotatable bonds is 6. The van der Waals surface area contributed by atoms with Gasteiger partial charge in [-0.05, 0) is 78.7 Å². The molecule has 0 atom stereocenters. The van der Waals surface area contributed by atoms with Crippen LogP contribution in [0.3, 0.4) is 0 Å². The number of hydrogen-bond acceptors (Lipinski definition) is 2. The summed E-state index contributed by atoms with van der Waals surface area (Å²) in [5.41, 5.74) is 7.33. The van der Waals surface area contributed by atoms with Crippen LogP contribution in [0.1, 0.15) is 50.8 Å². The number of benzene rings is 1. The molecule has 0 unspecified atom stereocenters. The van der Waals surface area contributed by atoms with E-state index in [0.717, 1.165) is 12.1 Å². The van der Waals surface area contributed by atoms with Crippen molar-refractivity contribution in [1.29, 1.82) is 0 Å². The van der Waals surface area contributed by atoms with E-state index in [0.29, 0.717) is 5.92 Å². The smallest absolute Gasteiger partial charge is 0.0380 e. The Morgan fingerprint density at radius 2 is 2.08 bits per heavy atom. The molecule has 1 aliphatic heterocycles. The SMILES string of the molecule is C=C1C=C(C)C=CN1/C=C(\C)c1ccc(/C=N/C)cc1CCC(C)C. The largest absolute Gasteiger partial charge is 0.324 e. The van der Waals surface area contributed by atoms with E-state index in [2.05, 4.69) is 86.9 Å². The quantitative estimate of drug-likeness (QED) is 0.585. The van der Waals surface area contributed by atoms with E-state index >= 15 is 0 Å². The predicted octanol–water partition coefficient (Wildman–Crippen LogP) is 5.97. The van der Waals surface area contributed by atoms with Crippen molar-refractivity contribution in [2.75, 3.05) is 7.05 Å². The first-order valence-electron chi connectivity index (χ1n) is 8.98. The van der Waals surface area contributed by atoms with Gasteiger partial charge in [0.25, 0.3) is 0 Å². The zero-order valence-corrected chi connectivity index (χ0v) is 16.2. The summed E-state index contributed by atoms with van der Waals surface area (Å²) in [6.45, 7) is 13.0. The van der Waals surface area contributed by atoms with Crippen LogP contribution in [0.2, 0.25) is 0 Å². The maximum Gasteiger partial charge on any atom is 0.0380 e. The Kier molecular flexibility index (Phi) is 6.58. The maximum atomic E-state index is 4.15. The molecule has 0 N–H and O–H groups in total. The molecule has 132 valence electrons. The lowest BCUT2D eigenvalue weighted by molar-refractivity contribution is 0.586. The molecule has 0 fully saturated rings. The molecule has 0 saturated heterocycles. The minimum absolute atomic E-state index is 0.693. The van der Waals surface area contributed by atoms with Crippen LogP contribution in [0.5, 0.6) is 0 Å². The van der Waals surface area contributed by atoms with Crippen LogP contribution in [-0.4, -0.2) is 18.2 Å². The number of aliphatic imine (C=N–C) groups is 1. The van der Waals surface area contributed by atoms with Gasteiger partial charge in [0.05, 0.1) is 0 Å². The Balaban J connectivity index is 2.34. The highest BCUT2D eigenvalue weighted by Crippen LogP contribution is 2.25. The zero-order chi connectivity index (χ0) is 18.4. The van der Waals surface area contributed by atoms with Crippen molar-refractivity contribution in [2.45, 2.75) is 40.5 Å². The highest BCUT2D eigenvalue weighted by molar-refractivity contribution is 5.81. The van der Waals surface area contributed by atoms with Gasteiger partial charge in [0.2, 0.25) is 0 Å². The second kappa shape index (κ2) is 8.66. The van der Waals surface area contributed by atoms with Crippen molar-refractivity contribution in [3.8, 4) is 0 Å². The van der Waals surface area contributed by atoms with Crippen LogP contribution < -0.4 is 0 Å². The van der Waals surface area contributed by atoms with Crippen molar-refractivity contribution < 1.29 is 0 Å². The van der Waals surface area contributed by atoms with Gasteiger partial charge < -0.3 is 4.90 Å². The molecule has 0 amide bonds. The fourth-order valence-electron chi connectivity index (χ4n) is 2.96. The molecule has 25 heavy (non-hydrogen) atoms. The first kappa shape index (κ1) is 19.0. The van der Waals surface area contributed by atoms with Crippen molar-refractivity contribution >= 4 is 11.8 Å². The van der Waals surface area contributed by atoms with Crippen LogP contribution >= 0.6 is 0 Å². The second-order valence-electron chi connectivity index (χ2n) is 7.15. The third kappa shape index (κ3) is 5.32. The van der Waals surface area contributed by atoms with Crippen molar-refractivity contribution in [2.24, 2.45) is 10.9 Å². The molecule has 0 radical (unpaired) electrons. The normalized spacial score (nSPS) is 15.4. The molecule has 0 aliphatic carbocycles. The Labute approximate surface area is 153 Å². The lowest BCUT2D eigenvalue weighted by atomic mass is 9.93.